The summed E-state index contributed by atoms with van der Waals surface area (Å²) in [6.07, 6.45) is 1.70. The largest absolute Gasteiger partial charge is 0.462 e. The van der Waals surface area contributed by atoms with Gasteiger partial charge in [-0.25, -0.2) is 4.79 Å². The first-order valence-corrected chi connectivity index (χ1v) is 18.0. The predicted molar refractivity (Wildman–Crippen MR) is 204 cm³/mol. The van der Waals surface area contributed by atoms with Gasteiger partial charge in [0.15, 0.2) is 0 Å². The van der Waals surface area contributed by atoms with Gasteiger partial charge in [-0.15, -0.1) is 23.1 Å². The first kappa shape index (κ1) is 37.2. The lowest BCUT2D eigenvalue weighted by molar-refractivity contribution is -0.385. The Morgan fingerprint density at radius 2 is 1.58 bits per heavy atom. The number of esters is 1. The summed E-state index contributed by atoms with van der Waals surface area (Å²) in [5, 5.41) is 21.6. The molecule has 264 valence electrons. The van der Waals surface area contributed by atoms with Crippen molar-refractivity contribution in [3.05, 3.63) is 147 Å². The minimum absolute atomic E-state index is 0.125. The molecule has 0 aliphatic carbocycles. The highest BCUT2D eigenvalue weighted by atomic mass is 32.2. The molecule has 3 N–H and O–H groups in total. The van der Waals surface area contributed by atoms with Crippen LogP contribution in [0.25, 0.3) is 17.2 Å². The van der Waals surface area contributed by atoms with E-state index in [2.05, 4.69) is 16.0 Å². The number of nitro benzene ring substituents is 1. The minimum Gasteiger partial charge on any atom is -0.462 e. The maximum atomic E-state index is 13.6. The van der Waals surface area contributed by atoms with E-state index in [-0.39, 0.29) is 29.5 Å². The summed E-state index contributed by atoms with van der Waals surface area (Å²) in [7, 11) is 0. The number of amides is 3. The first-order chi connectivity index (χ1) is 25.2. The highest BCUT2D eigenvalue weighted by Gasteiger charge is 2.26. The van der Waals surface area contributed by atoms with Crippen molar-refractivity contribution >= 4 is 69.2 Å². The molecule has 0 saturated heterocycles. The molecule has 1 aromatic heterocycles. The second-order valence-electron chi connectivity index (χ2n) is 11.1. The Bertz CT molecular complexity index is 2120. The second kappa shape index (κ2) is 17.7. The Kier molecular flexibility index (Phi) is 12.7. The fourth-order valence-corrected chi connectivity index (χ4v) is 7.06. The number of anilines is 2. The van der Waals surface area contributed by atoms with Crippen LogP contribution in [0.2, 0.25) is 0 Å². The van der Waals surface area contributed by atoms with Crippen LogP contribution >= 0.6 is 23.1 Å². The molecule has 0 fully saturated rings. The molecule has 0 bridgehead atoms. The number of thiophene rings is 1. The molecule has 3 amide bonds. The van der Waals surface area contributed by atoms with Gasteiger partial charge >= 0.3 is 5.97 Å². The van der Waals surface area contributed by atoms with E-state index in [4.69, 9.17) is 4.74 Å². The van der Waals surface area contributed by atoms with E-state index in [1.807, 2.05) is 42.6 Å². The summed E-state index contributed by atoms with van der Waals surface area (Å²) in [6.45, 7) is 3.77. The number of para-hydroxylation sites is 1. The zero-order valence-corrected chi connectivity index (χ0v) is 29.8. The van der Waals surface area contributed by atoms with Gasteiger partial charge in [-0.2, -0.15) is 0 Å². The fraction of sp³-hybridized carbons (Fsp3) is 0.128. The Morgan fingerprint density at radius 1 is 0.885 bits per heavy atom. The molecule has 5 rings (SSSR count). The molecule has 13 heteroatoms. The monoisotopic (exact) mass is 734 g/mol. The number of thioether (sulfide) groups is 1. The first-order valence-electron chi connectivity index (χ1n) is 16.2. The molecule has 0 saturated carbocycles. The lowest BCUT2D eigenvalue weighted by Crippen LogP contribution is -2.30. The van der Waals surface area contributed by atoms with Gasteiger partial charge in [0, 0.05) is 33.2 Å². The third-order valence-electron chi connectivity index (χ3n) is 7.59. The van der Waals surface area contributed by atoms with Crippen molar-refractivity contribution in [2.75, 3.05) is 17.2 Å². The Morgan fingerprint density at radius 3 is 2.27 bits per heavy atom. The number of ether oxygens (including phenoxy) is 1. The number of rotatable bonds is 14. The number of nitro groups is 1. The summed E-state index contributed by atoms with van der Waals surface area (Å²) >= 11 is 2.52. The Labute approximate surface area is 308 Å². The Balaban J connectivity index is 1.35. The molecular formula is C39H34N4O7S2. The van der Waals surface area contributed by atoms with Gasteiger partial charge in [-0.05, 0) is 61.4 Å². The molecular weight excluding hydrogens is 701 g/mol. The van der Waals surface area contributed by atoms with Crippen molar-refractivity contribution in [3.8, 4) is 11.1 Å². The molecule has 0 aliphatic heterocycles. The van der Waals surface area contributed by atoms with Gasteiger partial charge in [-0.1, -0.05) is 73.7 Å². The van der Waals surface area contributed by atoms with Crippen LogP contribution < -0.4 is 16.0 Å². The molecule has 11 nitrogen and oxygen atoms in total. The van der Waals surface area contributed by atoms with Crippen molar-refractivity contribution in [2.45, 2.75) is 30.4 Å². The number of benzene rings is 4. The SMILES string of the molecule is CCOC(=O)c1c(-c2ccccc2)csc1NC(=O)C(CC)Sc1cccc(NC(=O)/C(=C\c2ccccc2[N+](=O)[O-])NC(=O)c2ccccc2)c1. The van der Waals surface area contributed by atoms with Crippen LogP contribution in [-0.4, -0.2) is 40.5 Å². The third-order valence-corrected chi connectivity index (χ3v) is 9.84. The lowest BCUT2D eigenvalue weighted by atomic mass is 10.0. The van der Waals surface area contributed by atoms with Crippen molar-refractivity contribution in [2.24, 2.45) is 0 Å². The average molecular weight is 735 g/mol. The smallest absolute Gasteiger partial charge is 0.341 e. The maximum absolute atomic E-state index is 13.6. The van der Waals surface area contributed by atoms with Crippen molar-refractivity contribution in [1.29, 1.82) is 0 Å². The molecule has 1 unspecified atom stereocenters. The Hall–Kier alpha value is -6.05. The minimum atomic E-state index is -0.715. The van der Waals surface area contributed by atoms with E-state index < -0.39 is 28.0 Å². The fourth-order valence-electron chi connectivity index (χ4n) is 5.08. The molecule has 1 atom stereocenters. The quantitative estimate of drug-likeness (QED) is 0.0338. The van der Waals surface area contributed by atoms with Crippen LogP contribution in [0.5, 0.6) is 0 Å². The molecule has 52 heavy (non-hydrogen) atoms. The molecule has 0 aliphatic rings. The van der Waals surface area contributed by atoms with E-state index >= 15 is 0 Å². The van der Waals surface area contributed by atoms with Crippen LogP contribution in [0.4, 0.5) is 16.4 Å². The summed E-state index contributed by atoms with van der Waals surface area (Å²) in [5.41, 5.74) is 2.11. The van der Waals surface area contributed by atoms with E-state index in [1.54, 1.807) is 67.6 Å². The summed E-state index contributed by atoms with van der Waals surface area (Å²) in [4.78, 5) is 65.1. The van der Waals surface area contributed by atoms with Gasteiger partial charge in [0.1, 0.15) is 16.3 Å². The summed E-state index contributed by atoms with van der Waals surface area (Å²) < 4.78 is 5.33. The highest BCUT2D eigenvalue weighted by molar-refractivity contribution is 8.00. The van der Waals surface area contributed by atoms with Crippen molar-refractivity contribution < 1.29 is 28.8 Å². The van der Waals surface area contributed by atoms with Gasteiger partial charge < -0.3 is 20.7 Å². The molecule has 0 spiro atoms. The standard InChI is InChI=1S/C39H34N4O7S2/c1-3-33(37(46)42-38-34(39(47)50-4-2)30(24-51-38)25-14-7-5-8-15-25)52-29-20-13-19-28(23-29)40-36(45)31(41-35(44)26-16-9-6-10-17-26)22-27-18-11-12-21-32(27)43(48)49/h5-24,33H,3-4H2,1-2H3,(H,40,45)(H,41,44)(H,42,46)/b31-22+. The van der Waals surface area contributed by atoms with Crippen LogP contribution in [0.1, 0.15) is 46.5 Å². The summed E-state index contributed by atoms with van der Waals surface area (Å²) in [6, 6.07) is 30.3. The number of nitrogens with one attached hydrogen (secondary N) is 3. The van der Waals surface area contributed by atoms with E-state index in [0.29, 0.717) is 38.7 Å². The predicted octanol–water partition coefficient (Wildman–Crippen LogP) is 8.42. The van der Waals surface area contributed by atoms with Crippen molar-refractivity contribution in [1.82, 2.24) is 5.32 Å². The zero-order valence-electron chi connectivity index (χ0n) is 28.2. The summed E-state index contributed by atoms with van der Waals surface area (Å²) in [5.74, 6) is -2.13. The van der Waals surface area contributed by atoms with Crippen LogP contribution in [0, 0.1) is 10.1 Å². The van der Waals surface area contributed by atoms with Crippen LogP contribution in [-0.2, 0) is 14.3 Å². The second-order valence-corrected chi connectivity index (χ2v) is 13.3. The van der Waals surface area contributed by atoms with E-state index in [1.165, 1.54) is 47.4 Å². The zero-order chi connectivity index (χ0) is 37.0. The molecule has 5 aromatic rings. The molecule has 1 heterocycles. The highest BCUT2D eigenvalue weighted by Crippen LogP contribution is 2.37. The number of carbonyl (C=O) groups excluding carboxylic acids is 4. The van der Waals surface area contributed by atoms with Crippen molar-refractivity contribution in [3.63, 3.8) is 0 Å². The van der Waals surface area contributed by atoms with Gasteiger partial charge in [-0.3, -0.25) is 24.5 Å². The number of hydrogen-bond donors (Lipinski definition) is 3. The normalized spacial score (nSPS) is 11.6. The van der Waals surface area contributed by atoms with Gasteiger partial charge in [0.05, 0.1) is 22.3 Å². The molecule has 4 aromatic carbocycles. The maximum Gasteiger partial charge on any atom is 0.341 e. The number of carbonyl (C=O) groups is 4. The third kappa shape index (κ3) is 9.38. The van der Waals surface area contributed by atoms with Gasteiger partial charge in [0.2, 0.25) is 5.91 Å². The van der Waals surface area contributed by atoms with Crippen LogP contribution in [0.3, 0.4) is 0 Å². The van der Waals surface area contributed by atoms with Crippen LogP contribution in [0.15, 0.2) is 125 Å². The number of nitrogens with zero attached hydrogens (tertiary/aromatic N) is 1. The molecule has 0 radical (unpaired) electrons. The lowest BCUT2D eigenvalue weighted by Gasteiger charge is -2.16. The number of hydrogen-bond acceptors (Lipinski definition) is 9. The average Bonchev–Trinajstić information content (AvgIpc) is 3.58. The van der Waals surface area contributed by atoms with E-state index in [0.717, 1.165) is 5.56 Å². The van der Waals surface area contributed by atoms with E-state index in [9.17, 15) is 29.3 Å². The van der Waals surface area contributed by atoms with Gasteiger partial charge in [0.25, 0.3) is 17.5 Å². The topological polar surface area (TPSA) is 157 Å².